The number of aliphatic hydroxyl groups is 1. The fraction of sp³-hybridized carbons (Fsp3) is 0.900. The van der Waals surface area contributed by atoms with Crippen LogP contribution in [0.15, 0.2) is 0 Å². The standard InChI is InChI=1S/C10H20N2O2/c11-10(14)8-2-4-9(5-3-8)12-6-1-7-13/h8-9,12-13H,1-7H2,(H2,11,14). The molecule has 1 saturated carbocycles. The molecule has 0 spiro atoms. The van der Waals surface area contributed by atoms with Crippen molar-refractivity contribution >= 4 is 5.91 Å². The third-order valence-corrected chi connectivity index (χ3v) is 2.90. The summed E-state index contributed by atoms with van der Waals surface area (Å²) < 4.78 is 0. The second kappa shape index (κ2) is 5.98. The third kappa shape index (κ3) is 3.64. The van der Waals surface area contributed by atoms with Crippen LogP contribution in [-0.4, -0.2) is 30.2 Å². The highest BCUT2D eigenvalue weighted by molar-refractivity contribution is 5.76. The Morgan fingerprint density at radius 2 is 2.00 bits per heavy atom. The number of primary amides is 1. The molecule has 1 amide bonds. The molecule has 0 aromatic heterocycles. The van der Waals surface area contributed by atoms with E-state index in [2.05, 4.69) is 5.32 Å². The first-order valence-corrected chi connectivity index (χ1v) is 5.37. The zero-order chi connectivity index (χ0) is 10.4. The van der Waals surface area contributed by atoms with Crippen molar-refractivity contribution in [2.75, 3.05) is 13.2 Å². The number of nitrogens with two attached hydrogens (primary N) is 1. The molecule has 4 N–H and O–H groups in total. The highest BCUT2D eigenvalue weighted by atomic mass is 16.3. The van der Waals surface area contributed by atoms with Crippen LogP contribution in [0, 0.1) is 5.92 Å². The monoisotopic (exact) mass is 200 g/mol. The second-order valence-electron chi connectivity index (χ2n) is 3.98. The molecule has 4 heteroatoms. The lowest BCUT2D eigenvalue weighted by atomic mass is 9.85. The molecule has 0 atom stereocenters. The zero-order valence-corrected chi connectivity index (χ0v) is 8.54. The summed E-state index contributed by atoms with van der Waals surface area (Å²) in [6.07, 6.45) is 4.67. The molecule has 0 heterocycles. The van der Waals surface area contributed by atoms with Gasteiger partial charge in [-0.2, -0.15) is 0 Å². The van der Waals surface area contributed by atoms with Crippen molar-refractivity contribution in [3.63, 3.8) is 0 Å². The van der Waals surface area contributed by atoms with Crippen LogP contribution in [0.4, 0.5) is 0 Å². The molecular formula is C10H20N2O2. The van der Waals surface area contributed by atoms with Gasteiger partial charge in [0, 0.05) is 18.6 Å². The van der Waals surface area contributed by atoms with Crippen molar-refractivity contribution in [3.05, 3.63) is 0 Å². The highest BCUT2D eigenvalue weighted by Gasteiger charge is 2.23. The summed E-state index contributed by atoms with van der Waals surface area (Å²) in [5.74, 6) is -0.0651. The largest absolute Gasteiger partial charge is 0.396 e. The molecule has 0 aromatic carbocycles. The van der Waals surface area contributed by atoms with Crippen molar-refractivity contribution in [2.45, 2.75) is 38.1 Å². The minimum Gasteiger partial charge on any atom is -0.396 e. The van der Waals surface area contributed by atoms with E-state index in [0.29, 0.717) is 6.04 Å². The van der Waals surface area contributed by atoms with E-state index in [1.54, 1.807) is 0 Å². The first-order chi connectivity index (χ1) is 6.74. The number of amides is 1. The maximum atomic E-state index is 10.9. The maximum Gasteiger partial charge on any atom is 0.220 e. The summed E-state index contributed by atoms with van der Waals surface area (Å²) in [6.45, 7) is 1.10. The van der Waals surface area contributed by atoms with E-state index in [9.17, 15) is 4.79 Å². The van der Waals surface area contributed by atoms with Crippen LogP contribution in [0.25, 0.3) is 0 Å². The SMILES string of the molecule is NC(=O)C1CCC(NCCCO)CC1. The number of rotatable bonds is 5. The number of carbonyl (C=O) groups is 1. The van der Waals surface area contributed by atoms with Gasteiger partial charge in [0.2, 0.25) is 5.91 Å². The Balaban J connectivity index is 2.12. The lowest BCUT2D eigenvalue weighted by molar-refractivity contribution is -0.122. The third-order valence-electron chi connectivity index (χ3n) is 2.90. The lowest BCUT2D eigenvalue weighted by Crippen LogP contribution is -2.37. The van der Waals surface area contributed by atoms with Gasteiger partial charge in [-0.25, -0.2) is 0 Å². The topological polar surface area (TPSA) is 75.4 Å². The van der Waals surface area contributed by atoms with Gasteiger partial charge in [0.1, 0.15) is 0 Å². The number of hydrogen-bond donors (Lipinski definition) is 3. The normalized spacial score (nSPS) is 27.5. The van der Waals surface area contributed by atoms with Gasteiger partial charge in [0.15, 0.2) is 0 Å². The summed E-state index contributed by atoms with van der Waals surface area (Å²) >= 11 is 0. The van der Waals surface area contributed by atoms with Crippen molar-refractivity contribution in [1.82, 2.24) is 5.32 Å². The Morgan fingerprint density at radius 1 is 1.36 bits per heavy atom. The molecule has 82 valence electrons. The van der Waals surface area contributed by atoms with Gasteiger partial charge in [0.25, 0.3) is 0 Å². The van der Waals surface area contributed by atoms with Gasteiger partial charge in [-0.1, -0.05) is 0 Å². The smallest absolute Gasteiger partial charge is 0.220 e. The van der Waals surface area contributed by atoms with Gasteiger partial charge in [-0.15, -0.1) is 0 Å². The molecule has 0 unspecified atom stereocenters. The second-order valence-corrected chi connectivity index (χ2v) is 3.98. The maximum absolute atomic E-state index is 10.9. The van der Waals surface area contributed by atoms with E-state index in [1.807, 2.05) is 0 Å². The molecule has 4 nitrogen and oxygen atoms in total. The summed E-state index contributed by atoms with van der Waals surface area (Å²) in [7, 11) is 0. The molecule has 1 rings (SSSR count). The van der Waals surface area contributed by atoms with Crippen molar-refractivity contribution < 1.29 is 9.90 Å². The van der Waals surface area contributed by atoms with Crippen LogP contribution >= 0.6 is 0 Å². The van der Waals surface area contributed by atoms with Crippen molar-refractivity contribution in [2.24, 2.45) is 11.7 Å². The first-order valence-electron chi connectivity index (χ1n) is 5.37. The predicted octanol–water partition coefficient (Wildman–Crippen LogP) is 0.00250. The number of carbonyl (C=O) groups excluding carboxylic acids is 1. The molecule has 0 bridgehead atoms. The van der Waals surface area contributed by atoms with Gasteiger partial charge >= 0.3 is 0 Å². The van der Waals surface area contributed by atoms with Crippen LogP contribution in [0.3, 0.4) is 0 Å². The molecule has 1 aliphatic carbocycles. The fourth-order valence-corrected chi connectivity index (χ4v) is 1.97. The molecule has 1 fully saturated rings. The van der Waals surface area contributed by atoms with E-state index in [0.717, 1.165) is 38.6 Å². The van der Waals surface area contributed by atoms with E-state index < -0.39 is 0 Å². The molecule has 0 aromatic rings. The van der Waals surface area contributed by atoms with Crippen LogP contribution in [0.5, 0.6) is 0 Å². The average molecular weight is 200 g/mol. The van der Waals surface area contributed by atoms with Gasteiger partial charge < -0.3 is 16.2 Å². The number of hydrogen-bond acceptors (Lipinski definition) is 3. The quantitative estimate of drug-likeness (QED) is 0.547. The minimum atomic E-state index is -0.154. The van der Waals surface area contributed by atoms with Gasteiger partial charge in [0.05, 0.1) is 0 Å². The molecule has 0 radical (unpaired) electrons. The van der Waals surface area contributed by atoms with Gasteiger partial charge in [-0.05, 0) is 38.6 Å². The summed E-state index contributed by atoms with van der Waals surface area (Å²) in [5, 5.41) is 12.0. The lowest BCUT2D eigenvalue weighted by Gasteiger charge is -2.27. The average Bonchev–Trinajstić information content (AvgIpc) is 2.19. The molecule has 0 aliphatic heterocycles. The van der Waals surface area contributed by atoms with Crippen LogP contribution in [-0.2, 0) is 4.79 Å². The highest BCUT2D eigenvalue weighted by Crippen LogP contribution is 2.23. The summed E-state index contributed by atoms with van der Waals surface area (Å²) in [4.78, 5) is 10.9. The number of nitrogens with one attached hydrogen (secondary N) is 1. The van der Waals surface area contributed by atoms with Gasteiger partial charge in [-0.3, -0.25) is 4.79 Å². The molecule has 0 saturated heterocycles. The van der Waals surface area contributed by atoms with Crippen molar-refractivity contribution in [3.8, 4) is 0 Å². The Bertz CT molecular complexity index is 177. The Labute approximate surface area is 84.9 Å². The zero-order valence-electron chi connectivity index (χ0n) is 8.54. The van der Waals surface area contributed by atoms with Crippen LogP contribution < -0.4 is 11.1 Å². The molecule has 1 aliphatic rings. The van der Waals surface area contributed by atoms with E-state index >= 15 is 0 Å². The van der Waals surface area contributed by atoms with Crippen molar-refractivity contribution in [1.29, 1.82) is 0 Å². The van der Waals surface area contributed by atoms with E-state index in [4.69, 9.17) is 10.8 Å². The van der Waals surface area contributed by atoms with E-state index in [1.165, 1.54) is 0 Å². The minimum absolute atomic E-state index is 0.0888. The predicted molar refractivity (Wildman–Crippen MR) is 54.6 cm³/mol. The fourth-order valence-electron chi connectivity index (χ4n) is 1.97. The summed E-state index contributed by atoms with van der Waals surface area (Å²) in [5.41, 5.74) is 5.24. The Morgan fingerprint density at radius 3 is 2.50 bits per heavy atom. The Kier molecular flexibility index (Phi) is 4.90. The Hall–Kier alpha value is -0.610. The van der Waals surface area contributed by atoms with Crippen LogP contribution in [0.2, 0.25) is 0 Å². The first kappa shape index (κ1) is 11.5. The molecular weight excluding hydrogens is 180 g/mol. The summed E-state index contributed by atoms with van der Waals surface area (Å²) in [6, 6.07) is 0.511. The van der Waals surface area contributed by atoms with Crippen LogP contribution in [0.1, 0.15) is 32.1 Å². The van der Waals surface area contributed by atoms with E-state index in [-0.39, 0.29) is 18.4 Å². The molecule has 14 heavy (non-hydrogen) atoms. The number of aliphatic hydroxyl groups excluding tert-OH is 1.